The molecule has 0 atom stereocenters. The largest absolute Gasteiger partial charge is 1.00 e. The number of hydrogen-bond acceptors (Lipinski definition) is 3. The summed E-state index contributed by atoms with van der Waals surface area (Å²) >= 11 is 0. The smallest absolute Gasteiger partial charge is 1.00 e. The summed E-state index contributed by atoms with van der Waals surface area (Å²) in [5, 5.41) is 0. The fourth-order valence-electron chi connectivity index (χ4n) is 1.24. The molecule has 0 spiro atoms. The maximum atomic E-state index is 11.0. The Hall–Kier alpha value is -0.140. The van der Waals surface area contributed by atoms with Gasteiger partial charge in [-0.1, -0.05) is 0 Å². The molecule has 0 aliphatic heterocycles. The molecule has 1 rings (SSSR count). The Morgan fingerprint density at radius 2 is 2.07 bits per heavy atom. The second kappa shape index (κ2) is 5.27. The Morgan fingerprint density at radius 1 is 1.53 bits per heavy atom. The molecule has 0 aromatic carbocycles. The fourth-order valence-corrected chi connectivity index (χ4v) is 1.90. The van der Waals surface area contributed by atoms with Gasteiger partial charge in [0.25, 0.3) is 10.1 Å². The van der Waals surface area contributed by atoms with Crippen molar-refractivity contribution in [2.24, 2.45) is 7.05 Å². The summed E-state index contributed by atoms with van der Waals surface area (Å²) in [4.78, 5) is 11.0. The monoisotopic (exact) mass is 241 g/mol. The van der Waals surface area contributed by atoms with Gasteiger partial charge in [0.1, 0.15) is 5.75 Å². The molecule has 1 heterocycles. The van der Waals surface area contributed by atoms with Crippen LogP contribution in [0.1, 0.15) is 24.5 Å². The number of carbonyl (C=O) groups is 1. The number of nitrogens with zero attached hydrogens (tertiary/aromatic N) is 1. The third kappa shape index (κ3) is 4.08. The molecule has 7 heteroatoms. The Bertz CT molecular complexity index is 468. The van der Waals surface area contributed by atoms with E-state index in [0.29, 0.717) is 11.4 Å². The summed E-state index contributed by atoms with van der Waals surface area (Å²) in [7, 11) is -2.46. The zero-order chi connectivity index (χ0) is 10.9. The quantitative estimate of drug-likeness (QED) is 0.368. The van der Waals surface area contributed by atoms with E-state index in [-0.39, 0.29) is 36.8 Å². The molecule has 0 saturated heterocycles. The predicted molar refractivity (Wildman–Crippen MR) is 51.8 cm³/mol. The first kappa shape index (κ1) is 14.9. The second-order valence-corrected chi connectivity index (χ2v) is 4.50. The third-order valence-corrected chi connectivity index (χ3v) is 2.58. The van der Waals surface area contributed by atoms with Gasteiger partial charge in [0.15, 0.2) is 5.78 Å². The van der Waals surface area contributed by atoms with Gasteiger partial charge in [-0.25, -0.2) is 0 Å². The van der Waals surface area contributed by atoms with Crippen LogP contribution in [0.3, 0.4) is 0 Å². The van der Waals surface area contributed by atoms with Gasteiger partial charge in [-0.05, 0) is 12.1 Å². The van der Waals surface area contributed by atoms with Crippen molar-refractivity contribution >= 4 is 15.9 Å². The number of carbonyl (C=O) groups excluding carboxylic acids is 1. The van der Waals surface area contributed by atoms with Gasteiger partial charge in [0.2, 0.25) is 0 Å². The molecule has 80 valence electrons. The van der Waals surface area contributed by atoms with Gasteiger partial charge in [-0.3, -0.25) is 9.35 Å². The summed E-state index contributed by atoms with van der Waals surface area (Å²) in [6.45, 7) is 1.40. The van der Waals surface area contributed by atoms with Crippen molar-refractivity contribution in [1.29, 1.82) is 0 Å². The Morgan fingerprint density at radius 3 is 2.40 bits per heavy atom. The zero-order valence-corrected chi connectivity index (χ0v) is 11.7. The second-order valence-electron chi connectivity index (χ2n) is 3.05. The molecule has 1 N–H and O–H groups in total. The van der Waals surface area contributed by atoms with Crippen LogP contribution in [0.2, 0.25) is 0 Å². The van der Waals surface area contributed by atoms with Crippen molar-refractivity contribution in [3.05, 3.63) is 23.5 Å². The molecule has 0 amide bonds. The van der Waals surface area contributed by atoms with Crippen molar-refractivity contribution in [2.45, 2.75) is 12.7 Å². The van der Waals surface area contributed by atoms with Gasteiger partial charge < -0.3 is 5.99 Å². The number of aromatic nitrogens is 1. The van der Waals surface area contributed by atoms with Crippen LogP contribution in [-0.2, 0) is 22.9 Å². The van der Waals surface area contributed by atoms with Crippen molar-refractivity contribution in [2.75, 3.05) is 0 Å². The van der Waals surface area contributed by atoms with Crippen LogP contribution in [0.5, 0.6) is 0 Å². The van der Waals surface area contributed by atoms with E-state index in [4.69, 9.17) is 4.55 Å². The van der Waals surface area contributed by atoms with Crippen LogP contribution in [0.4, 0.5) is 0 Å². The molecule has 0 aliphatic carbocycles. The number of hydrogen-bond donors (Lipinski definition) is 1. The molecule has 0 fully saturated rings. The minimum atomic E-state index is -4.04. The average molecular weight is 241 g/mol. The minimum absolute atomic E-state index is 0. The summed E-state index contributed by atoms with van der Waals surface area (Å²) in [6.07, 6.45) is 0. The van der Waals surface area contributed by atoms with Crippen LogP contribution < -0.4 is 29.6 Å². The zero-order valence-electron chi connectivity index (χ0n) is 9.89. The Balaban J connectivity index is 0. The van der Waals surface area contributed by atoms with Crippen LogP contribution in [-0.4, -0.2) is 23.3 Å². The number of ketones is 1. The summed E-state index contributed by atoms with van der Waals surface area (Å²) < 4.78 is 31.3. The summed E-state index contributed by atoms with van der Waals surface area (Å²) in [5.74, 6) is -0.620. The molecule has 15 heavy (non-hydrogen) atoms. The van der Waals surface area contributed by atoms with E-state index >= 15 is 0 Å². The number of rotatable bonds is 3. The fraction of sp³-hybridized carbons (Fsp3) is 0.375. The Kier molecular flexibility index (Phi) is 5.22. The van der Waals surface area contributed by atoms with Crippen molar-refractivity contribution in [3.63, 3.8) is 0 Å². The van der Waals surface area contributed by atoms with E-state index in [9.17, 15) is 13.2 Å². The molecule has 5 nitrogen and oxygen atoms in total. The van der Waals surface area contributed by atoms with Gasteiger partial charge in [0.05, 0.1) is 5.69 Å². The molecule has 0 bridgehead atoms. The average Bonchev–Trinajstić information content (AvgIpc) is 2.29. The third-order valence-electron chi connectivity index (χ3n) is 1.92. The molecule has 1 aromatic rings. The maximum Gasteiger partial charge on any atom is 1.00 e. The van der Waals surface area contributed by atoms with Crippen molar-refractivity contribution in [3.8, 4) is 0 Å². The van der Waals surface area contributed by atoms with E-state index in [0.717, 1.165) is 0 Å². The van der Waals surface area contributed by atoms with Gasteiger partial charge in [0, 0.05) is 19.7 Å². The summed E-state index contributed by atoms with van der Waals surface area (Å²) in [5.41, 5.74) is 0.807. The minimum Gasteiger partial charge on any atom is -1.00 e. The standard InChI is InChI=1S/C8H11NO4S.Na.H/c1-6(10)8-4-3-7(9(8)2)5-14(11,12)13;;/h3-4H,5H2,1-2H3,(H,11,12,13);;/q;+1;-1. The Labute approximate surface area is 112 Å². The molecule has 0 unspecified atom stereocenters. The van der Waals surface area contributed by atoms with E-state index < -0.39 is 15.9 Å². The molecular weight excluding hydrogens is 229 g/mol. The van der Waals surface area contributed by atoms with Crippen LogP contribution in [0.25, 0.3) is 0 Å². The first-order valence-electron chi connectivity index (χ1n) is 3.92. The molecule has 0 saturated carbocycles. The van der Waals surface area contributed by atoms with Crippen molar-refractivity contribution in [1.82, 2.24) is 4.57 Å². The molecule has 1 aromatic heterocycles. The van der Waals surface area contributed by atoms with Crippen LogP contribution >= 0.6 is 0 Å². The molecule has 0 radical (unpaired) electrons. The predicted octanol–water partition coefficient (Wildman–Crippen LogP) is -2.27. The topological polar surface area (TPSA) is 76.4 Å². The van der Waals surface area contributed by atoms with Crippen LogP contribution in [0.15, 0.2) is 12.1 Å². The first-order valence-corrected chi connectivity index (χ1v) is 5.53. The van der Waals surface area contributed by atoms with Gasteiger partial charge in [-0.2, -0.15) is 8.42 Å². The normalized spacial score (nSPS) is 10.9. The van der Waals surface area contributed by atoms with Crippen molar-refractivity contribution < 1.29 is 48.7 Å². The maximum absolute atomic E-state index is 11.0. The van der Waals surface area contributed by atoms with E-state index in [1.165, 1.54) is 23.6 Å². The van der Waals surface area contributed by atoms with Crippen LogP contribution in [0, 0.1) is 0 Å². The van der Waals surface area contributed by atoms with E-state index in [1.807, 2.05) is 0 Å². The first-order chi connectivity index (χ1) is 6.31. The van der Waals surface area contributed by atoms with Gasteiger partial charge >= 0.3 is 29.6 Å². The molecule has 0 aliphatic rings. The SMILES string of the molecule is CC(=O)c1ccc(CS(=O)(=O)O)n1C.[H-].[Na+]. The molecular formula is C8H12NNaO4S. The van der Waals surface area contributed by atoms with Gasteiger partial charge in [-0.15, -0.1) is 0 Å². The number of Topliss-reactive ketones (excluding diaryl/α,β-unsaturated/α-hetero) is 1. The summed E-state index contributed by atoms with van der Waals surface area (Å²) in [6, 6.07) is 3.04. The van der Waals surface area contributed by atoms with E-state index in [1.54, 1.807) is 7.05 Å². The van der Waals surface area contributed by atoms with E-state index in [2.05, 4.69) is 0 Å².